The number of nitrogens with zero attached hydrogens (tertiary/aromatic N) is 2. The molecular weight excluding hydrogens is 426 g/mol. The molecule has 0 saturated carbocycles. The van der Waals surface area contributed by atoms with E-state index in [0.717, 1.165) is 57.2 Å². The summed E-state index contributed by atoms with van der Waals surface area (Å²) in [5.74, 6) is 0.983. The number of benzene rings is 2. The maximum absolute atomic E-state index is 12.6. The third-order valence-corrected chi connectivity index (χ3v) is 6.38. The number of ether oxygens (including phenoxy) is 1. The number of halogens is 1. The second kappa shape index (κ2) is 7.86. The number of piperidine rings is 1. The standard InChI is InChI=1S/C20H20BrN3O2S/c1-26-16-5-6-17-18(12-16)27-20(23-17)24-9-7-13(8-10-24)19(25)22-15-4-2-3-14(21)11-15/h2-6,11-13H,7-10H2,1H3,(H,22,25). The monoisotopic (exact) mass is 445 g/mol. The molecule has 140 valence electrons. The van der Waals surface area contributed by atoms with Crippen LogP contribution in [0.2, 0.25) is 0 Å². The summed E-state index contributed by atoms with van der Waals surface area (Å²) in [6.45, 7) is 1.68. The topological polar surface area (TPSA) is 54.5 Å². The smallest absolute Gasteiger partial charge is 0.227 e. The molecule has 1 saturated heterocycles. The number of aromatic nitrogens is 1. The van der Waals surface area contributed by atoms with Gasteiger partial charge in [0.2, 0.25) is 5.91 Å². The molecule has 0 spiro atoms. The fourth-order valence-corrected chi connectivity index (χ4v) is 4.74. The molecule has 2 heterocycles. The Morgan fingerprint density at radius 1 is 1.26 bits per heavy atom. The number of fused-ring (bicyclic) bond motifs is 1. The van der Waals surface area contributed by atoms with Crippen LogP contribution in [0.15, 0.2) is 46.9 Å². The van der Waals surface area contributed by atoms with Gasteiger partial charge in [0, 0.05) is 29.2 Å². The molecule has 2 aromatic carbocycles. The Morgan fingerprint density at radius 2 is 2.07 bits per heavy atom. The minimum atomic E-state index is 0.0368. The summed E-state index contributed by atoms with van der Waals surface area (Å²) < 4.78 is 7.38. The molecule has 0 unspecified atom stereocenters. The molecule has 27 heavy (non-hydrogen) atoms. The van der Waals surface area contributed by atoms with Crippen LogP contribution in [0.1, 0.15) is 12.8 Å². The van der Waals surface area contributed by atoms with Crippen molar-refractivity contribution in [3.05, 3.63) is 46.9 Å². The maximum atomic E-state index is 12.6. The Kier molecular flexibility index (Phi) is 5.31. The van der Waals surface area contributed by atoms with Crippen molar-refractivity contribution in [2.24, 2.45) is 5.92 Å². The van der Waals surface area contributed by atoms with E-state index >= 15 is 0 Å². The first kappa shape index (κ1) is 18.3. The van der Waals surface area contributed by atoms with Gasteiger partial charge >= 0.3 is 0 Å². The number of anilines is 2. The molecule has 1 aromatic heterocycles. The average molecular weight is 446 g/mol. The van der Waals surface area contributed by atoms with Gasteiger partial charge in [-0.1, -0.05) is 33.3 Å². The van der Waals surface area contributed by atoms with Crippen molar-refractivity contribution in [2.45, 2.75) is 12.8 Å². The van der Waals surface area contributed by atoms with Gasteiger partial charge in [-0.15, -0.1) is 0 Å². The summed E-state index contributed by atoms with van der Waals surface area (Å²) in [6.07, 6.45) is 1.66. The van der Waals surface area contributed by atoms with Crippen LogP contribution in [-0.4, -0.2) is 31.1 Å². The first-order chi connectivity index (χ1) is 13.1. The molecule has 3 aromatic rings. The normalized spacial score (nSPS) is 15.1. The van der Waals surface area contributed by atoms with Gasteiger partial charge in [-0.25, -0.2) is 4.98 Å². The zero-order valence-electron chi connectivity index (χ0n) is 14.9. The van der Waals surface area contributed by atoms with Crippen molar-refractivity contribution in [1.29, 1.82) is 0 Å². The fraction of sp³-hybridized carbons (Fsp3) is 0.300. The summed E-state index contributed by atoms with van der Waals surface area (Å²) in [5, 5.41) is 4.04. The van der Waals surface area contributed by atoms with Crippen LogP contribution in [0.4, 0.5) is 10.8 Å². The van der Waals surface area contributed by atoms with Crippen LogP contribution in [0.3, 0.4) is 0 Å². The lowest BCUT2D eigenvalue weighted by Gasteiger charge is -2.31. The van der Waals surface area contributed by atoms with Gasteiger partial charge in [0.05, 0.1) is 17.3 Å². The van der Waals surface area contributed by atoms with E-state index in [-0.39, 0.29) is 11.8 Å². The van der Waals surface area contributed by atoms with Gasteiger partial charge < -0.3 is 15.0 Å². The zero-order valence-corrected chi connectivity index (χ0v) is 17.3. The molecule has 1 amide bonds. The number of nitrogens with one attached hydrogen (secondary N) is 1. The lowest BCUT2D eigenvalue weighted by molar-refractivity contribution is -0.120. The Hall–Kier alpha value is -2.12. The van der Waals surface area contributed by atoms with Gasteiger partial charge in [0.15, 0.2) is 5.13 Å². The number of hydrogen-bond acceptors (Lipinski definition) is 5. The number of thiazole rings is 1. The van der Waals surface area contributed by atoms with Crippen molar-refractivity contribution >= 4 is 54.2 Å². The predicted molar refractivity (Wildman–Crippen MR) is 114 cm³/mol. The highest BCUT2D eigenvalue weighted by molar-refractivity contribution is 9.10. The van der Waals surface area contributed by atoms with Crippen LogP contribution >= 0.6 is 27.3 Å². The van der Waals surface area contributed by atoms with E-state index in [2.05, 4.69) is 26.1 Å². The molecule has 0 aliphatic carbocycles. The lowest BCUT2D eigenvalue weighted by atomic mass is 9.96. The van der Waals surface area contributed by atoms with Crippen LogP contribution < -0.4 is 15.0 Å². The van der Waals surface area contributed by atoms with E-state index in [4.69, 9.17) is 9.72 Å². The first-order valence-electron chi connectivity index (χ1n) is 8.88. The molecule has 5 nitrogen and oxygen atoms in total. The highest BCUT2D eigenvalue weighted by Gasteiger charge is 2.26. The van der Waals surface area contributed by atoms with E-state index in [9.17, 15) is 4.79 Å². The molecule has 7 heteroatoms. The summed E-state index contributed by atoms with van der Waals surface area (Å²) in [5.41, 5.74) is 1.82. The second-order valence-electron chi connectivity index (χ2n) is 6.59. The molecule has 0 bridgehead atoms. The molecule has 1 N–H and O–H groups in total. The van der Waals surface area contributed by atoms with Crippen molar-refractivity contribution < 1.29 is 9.53 Å². The van der Waals surface area contributed by atoms with E-state index in [1.807, 2.05) is 42.5 Å². The van der Waals surface area contributed by atoms with Crippen molar-refractivity contribution in [3.8, 4) is 5.75 Å². The lowest BCUT2D eigenvalue weighted by Crippen LogP contribution is -2.38. The van der Waals surface area contributed by atoms with Crippen LogP contribution in [0.25, 0.3) is 10.2 Å². The highest BCUT2D eigenvalue weighted by Crippen LogP contribution is 2.33. The molecule has 1 aliphatic rings. The first-order valence-corrected chi connectivity index (χ1v) is 10.5. The SMILES string of the molecule is COc1ccc2nc(N3CCC(C(=O)Nc4cccc(Br)c4)CC3)sc2c1. The van der Waals surface area contributed by atoms with E-state index in [0.29, 0.717) is 0 Å². The van der Waals surface area contributed by atoms with Crippen LogP contribution in [0, 0.1) is 5.92 Å². The number of amides is 1. The van der Waals surface area contributed by atoms with E-state index in [1.54, 1.807) is 18.4 Å². The van der Waals surface area contributed by atoms with Crippen LogP contribution in [0.5, 0.6) is 5.75 Å². The van der Waals surface area contributed by atoms with Crippen LogP contribution in [-0.2, 0) is 4.79 Å². The molecular formula is C20H20BrN3O2S. The summed E-state index contributed by atoms with van der Waals surface area (Å²) in [4.78, 5) is 19.6. The van der Waals surface area contributed by atoms with Gasteiger partial charge in [-0.05, 0) is 49.2 Å². The van der Waals surface area contributed by atoms with Gasteiger partial charge in [0.1, 0.15) is 5.75 Å². The Balaban J connectivity index is 1.39. The zero-order chi connectivity index (χ0) is 18.8. The molecule has 0 atom stereocenters. The minimum Gasteiger partial charge on any atom is -0.497 e. The maximum Gasteiger partial charge on any atom is 0.227 e. The molecule has 0 radical (unpaired) electrons. The average Bonchev–Trinajstić information content (AvgIpc) is 3.11. The molecule has 4 rings (SSSR count). The Morgan fingerprint density at radius 3 is 2.81 bits per heavy atom. The number of rotatable bonds is 4. The number of hydrogen-bond donors (Lipinski definition) is 1. The van der Waals surface area contributed by atoms with E-state index < -0.39 is 0 Å². The van der Waals surface area contributed by atoms with Gasteiger partial charge in [-0.3, -0.25) is 4.79 Å². The summed E-state index contributed by atoms with van der Waals surface area (Å²) >= 11 is 5.11. The quantitative estimate of drug-likeness (QED) is 0.618. The summed E-state index contributed by atoms with van der Waals surface area (Å²) in [7, 11) is 1.67. The number of carbonyl (C=O) groups excluding carboxylic acids is 1. The molecule has 1 aliphatic heterocycles. The third-order valence-electron chi connectivity index (χ3n) is 4.81. The van der Waals surface area contributed by atoms with Gasteiger partial charge in [0.25, 0.3) is 0 Å². The third kappa shape index (κ3) is 4.09. The van der Waals surface area contributed by atoms with Gasteiger partial charge in [-0.2, -0.15) is 0 Å². The fourth-order valence-electron chi connectivity index (χ4n) is 3.30. The minimum absolute atomic E-state index is 0.0368. The van der Waals surface area contributed by atoms with Crippen molar-refractivity contribution in [2.75, 3.05) is 30.4 Å². The predicted octanol–water partition coefficient (Wildman–Crippen LogP) is 4.92. The Labute approximate surface area is 170 Å². The molecule has 1 fully saturated rings. The van der Waals surface area contributed by atoms with Crippen molar-refractivity contribution in [3.63, 3.8) is 0 Å². The highest BCUT2D eigenvalue weighted by atomic mass is 79.9. The van der Waals surface area contributed by atoms with Crippen molar-refractivity contribution in [1.82, 2.24) is 4.98 Å². The Bertz CT molecular complexity index is 967. The number of methoxy groups -OCH3 is 1. The number of carbonyl (C=O) groups is 1. The van der Waals surface area contributed by atoms with E-state index in [1.165, 1.54) is 0 Å². The summed E-state index contributed by atoms with van der Waals surface area (Å²) in [6, 6.07) is 13.6. The largest absolute Gasteiger partial charge is 0.497 e. The second-order valence-corrected chi connectivity index (χ2v) is 8.52.